The van der Waals surface area contributed by atoms with Crippen molar-refractivity contribution in [2.24, 2.45) is 0 Å². The third kappa shape index (κ3) is 3.91. The zero-order valence-electron chi connectivity index (χ0n) is 12.8. The standard InChI is InChI=1S/C15H20N4O3/c1-10(13-5-4-12(21-2)8-14(13)22-3)18-15(20)16-9-11-6-7-17-19-11/h4-8,10H,9H2,1-3H3,(H,17,19)(H2,16,18,20)/t10-/m0/s1. The van der Waals surface area contributed by atoms with Crippen LogP contribution < -0.4 is 20.1 Å². The van der Waals surface area contributed by atoms with Gasteiger partial charge in [0, 0.05) is 17.8 Å². The number of benzene rings is 1. The van der Waals surface area contributed by atoms with Crippen LogP contribution in [0, 0.1) is 0 Å². The summed E-state index contributed by atoms with van der Waals surface area (Å²) < 4.78 is 10.5. The predicted octanol–water partition coefficient (Wildman–Crippen LogP) is 1.99. The van der Waals surface area contributed by atoms with Crippen molar-refractivity contribution in [3.8, 4) is 11.5 Å². The average Bonchev–Trinajstić information content (AvgIpc) is 3.05. The summed E-state index contributed by atoms with van der Waals surface area (Å²) in [5, 5.41) is 12.2. The molecule has 0 aliphatic carbocycles. The van der Waals surface area contributed by atoms with Crippen LogP contribution in [0.4, 0.5) is 4.79 Å². The molecule has 2 rings (SSSR count). The number of amides is 2. The number of hydrogen-bond donors (Lipinski definition) is 3. The fourth-order valence-corrected chi connectivity index (χ4v) is 2.06. The van der Waals surface area contributed by atoms with Crippen LogP contribution in [-0.2, 0) is 6.54 Å². The molecule has 0 aliphatic heterocycles. The van der Waals surface area contributed by atoms with Crippen molar-refractivity contribution in [2.45, 2.75) is 19.5 Å². The number of nitrogens with one attached hydrogen (secondary N) is 3. The van der Waals surface area contributed by atoms with E-state index in [1.54, 1.807) is 32.5 Å². The molecule has 7 nitrogen and oxygen atoms in total. The quantitative estimate of drug-likeness (QED) is 0.761. The number of aromatic nitrogens is 2. The molecule has 0 saturated carbocycles. The molecule has 1 heterocycles. The largest absolute Gasteiger partial charge is 0.497 e. The topological polar surface area (TPSA) is 88.3 Å². The smallest absolute Gasteiger partial charge is 0.315 e. The van der Waals surface area contributed by atoms with E-state index in [2.05, 4.69) is 20.8 Å². The maximum absolute atomic E-state index is 11.9. The van der Waals surface area contributed by atoms with Crippen LogP contribution in [0.2, 0.25) is 0 Å². The molecule has 0 unspecified atom stereocenters. The molecule has 118 valence electrons. The Hall–Kier alpha value is -2.70. The molecule has 2 amide bonds. The summed E-state index contributed by atoms with van der Waals surface area (Å²) in [4.78, 5) is 11.9. The molecule has 3 N–H and O–H groups in total. The predicted molar refractivity (Wildman–Crippen MR) is 81.9 cm³/mol. The highest BCUT2D eigenvalue weighted by atomic mass is 16.5. The molecule has 1 aromatic heterocycles. The number of H-pyrrole nitrogens is 1. The molecular formula is C15H20N4O3. The minimum absolute atomic E-state index is 0.206. The average molecular weight is 304 g/mol. The van der Waals surface area contributed by atoms with Gasteiger partial charge in [0.2, 0.25) is 0 Å². The Morgan fingerprint density at radius 3 is 2.77 bits per heavy atom. The van der Waals surface area contributed by atoms with Crippen LogP contribution in [0.15, 0.2) is 30.5 Å². The summed E-state index contributed by atoms with van der Waals surface area (Å²) >= 11 is 0. The Bertz CT molecular complexity index is 613. The van der Waals surface area contributed by atoms with Gasteiger partial charge in [-0.05, 0) is 25.1 Å². The first kappa shape index (κ1) is 15.7. The minimum Gasteiger partial charge on any atom is -0.497 e. The van der Waals surface area contributed by atoms with Crippen LogP contribution in [0.3, 0.4) is 0 Å². The van der Waals surface area contributed by atoms with Gasteiger partial charge >= 0.3 is 6.03 Å². The molecule has 1 aromatic carbocycles. The molecule has 2 aromatic rings. The number of ether oxygens (including phenoxy) is 2. The van der Waals surface area contributed by atoms with E-state index in [4.69, 9.17) is 9.47 Å². The number of carbonyl (C=O) groups excluding carboxylic acids is 1. The molecule has 0 bridgehead atoms. The van der Waals surface area contributed by atoms with Gasteiger partial charge in [-0.1, -0.05) is 0 Å². The van der Waals surface area contributed by atoms with E-state index in [0.29, 0.717) is 18.0 Å². The Balaban J connectivity index is 1.96. The molecular weight excluding hydrogens is 284 g/mol. The van der Waals surface area contributed by atoms with Crippen molar-refractivity contribution >= 4 is 6.03 Å². The highest BCUT2D eigenvalue weighted by molar-refractivity contribution is 5.74. The zero-order chi connectivity index (χ0) is 15.9. The van der Waals surface area contributed by atoms with Gasteiger partial charge in [0.15, 0.2) is 0 Å². The molecule has 0 fully saturated rings. The molecule has 22 heavy (non-hydrogen) atoms. The highest BCUT2D eigenvalue weighted by Gasteiger charge is 2.14. The molecule has 0 spiro atoms. The summed E-state index contributed by atoms with van der Waals surface area (Å²) in [5.74, 6) is 1.37. The van der Waals surface area contributed by atoms with E-state index in [9.17, 15) is 4.79 Å². The van der Waals surface area contributed by atoms with E-state index in [1.165, 1.54) is 0 Å². The monoisotopic (exact) mass is 304 g/mol. The van der Waals surface area contributed by atoms with Crippen molar-refractivity contribution in [1.82, 2.24) is 20.8 Å². The number of nitrogens with zero attached hydrogens (tertiary/aromatic N) is 1. The maximum Gasteiger partial charge on any atom is 0.315 e. The Kier molecular flexibility index (Phi) is 5.24. The van der Waals surface area contributed by atoms with E-state index in [-0.39, 0.29) is 12.1 Å². The fourth-order valence-electron chi connectivity index (χ4n) is 2.06. The third-order valence-electron chi connectivity index (χ3n) is 3.25. The zero-order valence-corrected chi connectivity index (χ0v) is 12.8. The number of aromatic amines is 1. The van der Waals surface area contributed by atoms with Gasteiger partial charge in [-0.2, -0.15) is 5.10 Å². The lowest BCUT2D eigenvalue weighted by Crippen LogP contribution is -2.36. The van der Waals surface area contributed by atoms with Crippen LogP contribution in [0.5, 0.6) is 11.5 Å². The lowest BCUT2D eigenvalue weighted by atomic mass is 10.1. The Morgan fingerprint density at radius 2 is 2.14 bits per heavy atom. The second-order valence-corrected chi connectivity index (χ2v) is 4.74. The Labute approximate surface area is 129 Å². The highest BCUT2D eigenvalue weighted by Crippen LogP contribution is 2.29. The first-order chi connectivity index (χ1) is 10.6. The van der Waals surface area contributed by atoms with Gasteiger partial charge in [0.1, 0.15) is 11.5 Å². The van der Waals surface area contributed by atoms with Crippen molar-refractivity contribution in [2.75, 3.05) is 14.2 Å². The van der Waals surface area contributed by atoms with E-state index in [1.807, 2.05) is 19.1 Å². The second-order valence-electron chi connectivity index (χ2n) is 4.74. The van der Waals surface area contributed by atoms with E-state index >= 15 is 0 Å². The first-order valence-corrected chi connectivity index (χ1v) is 6.88. The van der Waals surface area contributed by atoms with Gasteiger partial charge in [-0.15, -0.1) is 0 Å². The molecule has 0 radical (unpaired) electrons. The van der Waals surface area contributed by atoms with Gasteiger partial charge < -0.3 is 20.1 Å². The van der Waals surface area contributed by atoms with Gasteiger partial charge in [0.05, 0.1) is 32.5 Å². The first-order valence-electron chi connectivity index (χ1n) is 6.88. The second kappa shape index (κ2) is 7.35. The molecule has 1 atom stereocenters. The lowest BCUT2D eigenvalue weighted by Gasteiger charge is -2.18. The number of methoxy groups -OCH3 is 2. The SMILES string of the molecule is COc1ccc([C@H](C)NC(=O)NCc2ccn[nH]2)c(OC)c1. The van der Waals surface area contributed by atoms with Gasteiger partial charge in [0.25, 0.3) is 0 Å². The van der Waals surface area contributed by atoms with Crippen LogP contribution in [0.1, 0.15) is 24.2 Å². The summed E-state index contributed by atoms with van der Waals surface area (Å²) in [6.45, 7) is 2.28. The summed E-state index contributed by atoms with van der Waals surface area (Å²) in [6.07, 6.45) is 1.64. The summed E-state index contributed by atoms with van der Waals surface area (Å²) in [5.41, 5.74) is 1.71. The van der Waals surface area contributed by atoms with Crippen molar-refractivity contribution in [3.05, 3.63) is 41.7 Å². The van der Waals surface area contributed by atoms with Crippen LogP contribution in [-0.4, -0.2) is 30.4 Å². The molecule has 0 saturated heterocycles. The van der Waals surface area contributed by atoms with Crippen molar-refractivity contribution in [3.63, 3.8) is 0 Å². The number of rotatable bonds is 6. The normalized spacial score (nSPS) is 11.6. The van der Waals surface area contributed by atoms with Gasteiger partial charge in [-0.3, -0.25) is 5.10 Å². The number of carbonyl (C=O) groups is 1. The molecule has 7 heteroatoms. The minimum atomic E-state index is -0.264. The van der Waals surface area contributed by atoms with Crippen LogP contribution in [0.25, 0.3) is 0 Å². The Morgan fingerprint density at radius 1 is 1.32 bits per heavy atom. The maximum atomic E-state index is 11.9. The lowest BCUT2D eigenvalue weighted by molar-refractivity contribution is 0.237. The van der Waals surface area contributed by atoms with Gasteiger partial charge in [-0.25, -0.2) is 4.79 Å². The van der Waals surface area contributed by atoms with E-state index in [0.717, 1.165) is 11.3 Å². The number of urea groups is 1. The van der Waals surface area contributed by atoms with Crippen LogP contribution >= 0.6 is 0 Å². The summed E-state index contributed by atoms with van der Waals surface area (Å²) in [6, 6.07) is 6.82. The fraction of sp³-hybridized carbons (Fsp3) is 0.333. The van der Waals surface area contributed by atoms with Crippen molar-refractivity contribution in [1.29, 1.82) is 0 Å². The third-order valence-corrected chi connectivity index (χ3v) is 3.25. The van der Waals surface area contributed by atoms with E-state index < -0.39 is 0 Å². The van der Waals surface area contributed by atoms with Crippen molar-refractivity contribution < 1.29 is 14.3 Å². The number of hydrogen-bond acceptors (Lipinski definition) is 4. The summed E-state index contributed by atoms with van der Waals surface area (Å²) in [7, 11) is 3.18. The molecule has 0 aliphatic rings.